The van der Waals surface area contributed by atoms with Gasteiger partial charge in [-0.2, -0.15) is 0 Å². The summed E-state index contributed by atoms with van der Waals surface area (Å²) in [5, 5.41) is 0. The van der Waals surface area contributed by atoms with Gasteiger partial charge in [-0.3, -0.25) is 4.90 Å². The lowest BCUT2D eigenvalue weighted by atomic mass is 10.2. The van der Waals surface area contributed by atoms with Crippen LogP contribution in [0.3, 0.4) is 0 Å². The first-order valence-electron chi connectivity index (χ1n) is 4.65. The van der Waals surface area contributed by atoms with E-state index in [1.54, 1.807) is 0 Å². The van der Waals surface area contributed by atoms with E-state index in [0.717, 1.165) is 19.6 Å². The summed E-state index contributed by atoms with van der Waals surface area (Å²) >= 11 is 0. The zero-order valence-corrected chi connectivity index (χ0v) is 8.25. The summed E-state index contributed by atoms with van der Waals surface area (Å²) in [6, 6.07) is 0. The molecule has 1 aliphatic rings. The second kappa shape index (κ2) is 4.80. The van der Waals surface area contributed by atoms with Crippen molar-refractivity contribution in [2.45, 2.75) is 32.1 Å². The van der Waals surface area contributed by atoms with Gasteiger partial charge >= 0.3 is 0 Å². The summed E-state index contributed by atoms with van der Waals surface area (Å²) in [4.78, 5) is 2.08. The van der Waals surface area contributed by atoms with E-state index in [2.05, 4.69) is 4.90 Å². The molecule has 0 aromatic carbocycles. The molecule has 0 saturated carbocycles. The van der Waals surface area contributed by atoms with Crippen LogP contribution in [0.15, 0.2) is 0 Å². The highest BCUT2D eigenvalue weighted by Crippen LogP contribution is 2.18. The number of nitrogens with zero attached hydrogens (tertiary/aromatic N) is 1. The van der Waals surface area contributed by atoms with Crippen molar-refractivity contribution in [3.8, 4) is 0 Å². The molecular formula is C9H19NO2. The van der Waals surface area contributed by atoms with Crippen LogP contribution in [0.2, 0.25) is 0 Å². The Morgan fingerprint density at radius 1 is 1.58 bits per heavy atom. The SMILES string of the molecule is CCOC(C1CCCO1)N(C)C. The van der Waals surface area contributed by atoms with Gasteiger partial charge in [0.15, 0.2) is 0 Å². The van der Waals surface area contributed by atoms with E-state index in [-0.39, 0.29) is 12.3 Å². The van der Waals surface area contributed by atoms with Gasteiger partial charge in [-0.25, -0.2) is 0 Å². The van der Waals surface area contributed by atoms with Gasteiger partial charge in [0.25, 0.3) is 0 Å². The summed E-state index contributed by atoms with van der Waals surface area (Å²) < 4.78 is 11.2. The summed E-state index contributed by atoms with van der Waals surface area (Å²) in [5.41, 5.74) is 0. The highest BCUT2D eigenvalue weighted by molar-refractivity contribution is 4.73. The van der Waals surface area contributed by atoms with Crippen LogP contribution in [0.4, 0.5) is 0 Å². The molecule has 0 bridgehead atoms. The van der Waals surface area contributed by atoms with E-state index in [0.29, 0.717) is 0 Å². The molecule has 0 aromatic rings. The van der Waals surface area contributed by atoms with Crippen LogP contribution in [0, 0.1) is 0 Å². The van der Waals surface area contributed by atoms with Crippen molar-refractivity contribution in [2.75, 3.05) is 27.3 Å². The monoisotopic (exact) mass is 173 g/mol. The lowest BCUT2D eigenvalue weighted by Crippen LogP contribution is -2.40. The van der Waals surface area contributed by atoms with E-state index in [9.17, 15) is 0 Å². The third kappa shape index (κ3) is 2.44. The van der Waals surface area contributed by atoms with Crippen molar-refractivity contribution in [2.24, 2.45) is 0 Å². The Balaban J connectivity index is 2.40. The predicted molar refractivity (Wildman–Crippen MR) is 48.1 cm³/mol. The van der Waals surface area contributed by atoms with Gasteiger partial charge in [0.2, 0.25) is 0 Å². The molecule has 0 aliphatic carbocycles. The van der Waals surface area contributed by atoms with Crippen molar-refractivity contribution in [1.29, 1.82) is 0 Å². The molecule has 0 spiro atoms. The van der Waals surface area contributed by atoms with Crippen LogP contribution in [-0.2, 0) is 9.47 Å². The normalized spacial score (nSPS) is 26.5. The minimum absolute atomic E-state index is 0.137. The van der Waals surface area contributed by atoms with Crippen LogP contribution in [-0.4, -0.2) is 44.5 Å². The van der Waals surface area contributed by atoms with Crippen LogP contribution in [0.1, 0.15) is 19.8 Å². The average Bonchev–Trinajstić information content (AvgIpc) is 2.51. The van der Waals surface area contributed by atoms with Gasteiger partial charge in [0, 0.05) is 13.2 Å². The maximum atomic E-state index is 5.59. The fourth-order valence-corrected chi connectivity index (χ4v) is 1.59. The van der Waals surface area contributed by atoms with Crippen LogP contribution >= 0.6 is 0 Å². The Bertz CT molecular complexity index is 122. The molecule has 1 rings (SSSR count). The smallest absolute Gasteiger partial charge is 0.136 e. The number of rotatable bonds is 4. The summed E-state index contributed by atoms with van der Waals surface area (Å²) in [6.45, 7) is 3.66. The quantitative estimate of drug-likeness (QED) is 0.594. The Morgan fingerprint density at radius 2 is 2.33 bits per heavy atom. The largest absolute Gasteiger partial charge is 0.374 e. The van der Waals surface area contributed by atoms with Crippen LogP contribution in [0.5, 0.6) is 0 Å². The molecule has 3 nitrogen and oxygen atoms in total. The molecule has 72 valence electrons. The zero-order valence-electron chi connectivity index (χ0n) is 8.25. The molecule has 3 heteroatoms. The lowest BCUT2D eigenvalue weighted by molar-refractivity contribution is -0.110. The molecule has 1 saturated heterocycles. The molecule has 0 N–H and O–H groups in total. The van der Waals surface area contributed by atoms with Crippen molar-refractivity contribution in [3.63, 3.8) is 0 Å². The molecule has 0 radical (unpaired) electrons. The molecule has 1 heterocycles. The number of hydrogen-bond acceptors (Lipinski definition) is 3. The van der Waals surface area contributed by atoms with Crippen molar-refractivity contribution in [1.82, 2.24) is 4.90 Å². The highest BCUT2D eigenvalue weighted by Gasteiger charge is 2.27. The molecule has 1 fully saturated rings. The number of hydrogen-bond donors (Lipinski definition) is 0. The van der Waals surface area contributed by atoms with E-state index >= 15 is 0 Å². The van der Waals surface area contributed by atoms with E-state index in [1.165, 1.54) is 6.42 Å². The minimum Gasteiger partial charge on any atom is -0.374 e. The van der Waals surface area contributed by atoms with Crippen LogP contribution < -0.4 is 0 Å². The van der Waals surface area contributed by atoms with Gasteiger partial charge in [-0.15, -0.1) is 0 Å². The summed E-state index contributed by atoms with van der Waals surface area (Å²) in [6.07, 6.45) is 2.71. The molecular weight excluding hydrogens is 154 g/mol. The lowest BCUT2D eigenvalue weighted by Gasteiger charge is -2.28. The third-order valence-corrected chi connectivity index (χ3v) is 2.13. The number of ether oxygens (including phenoxy) is 2. The molecule has 2 atom stereocenters. The maximum absolute atomic E-state index is 5.59. The van der Waals surface area contributed by atoms with E-state index in [1.807, 2.05) is 21.0 Å². The second-order valence-corrected chi connectivity index (χ2v) is 3.36. The minimum atomic E-state index is 0.137. The van der Waals surface area contributed by atoms with E-state index in [4.69, 9.17) is 9.47 Å². The average molecular weight is 173 g/mol. The predicted octanol–water partition coefficient (Wildman–Crippen LogP) is 1.09. The second-order valence-electron chi connectivity index (χ2n) is 3.36. The van der Waals surface area contributed by atoms with E-state index < -0.39 is 0 Å². The fraction of sp³-hybridized carbons (Fsp3) is 1.00. The maximum Gasteiger partial charge on any atom is 0.136 e. The fourth-order valence-electron chi connectivity index (χ4n) is 1.59. The highest BCUT2D eigenvalue weighted by atomic mass is 16.6. The van der Waals surface area contributed by atoms with Crippen molar-refractivity contribution < 1.29 is 9.47 Å². The molecule has 0 amide bonds. The molecule has 0 aromatic heterocycles. The van der Waals surface area contributed by atoms with Gasteiger partial charge < -0.3 is 9.47 Å². The standard InChI is InChI=1S/C9H19NO2/c1-4-11-9(10(2)3)8-6-5-7-12-8/h8-9H,4-7H2,1-3H3. The molecule has 1 aliphatic heterocycles. The first-order valence-corrected chi connectivity index (χ1v) is 4.65. The first kappa shape index (κ1) is 9.96. The summed E-state index contributed by atoms with van der Waals surface area (Å²) in [5.74, 6) is 0. The topological polar surface area (TPSA) is 21.7 Å². The Labute approximate surface area is 74.6 Å². The van der Waals surface area contributed by atoms with Crippen molar-refractivity contribution in [3.05, 3.63) is 0 Å². The Morgan fingerprint density at radius 3 is 2.75 bits per heavy atom. The summed E-state index contributed by atoms with van der Waals surface area (Å²) in [7, 11) is 4.06. The Hall–Kier alpha value is -0.120. The van der Waals surface area contributed by atoms with Gasteiger partial charge in [0.1, 0.15) is 6.23 Å². The molecule has 2 unspecified atom stereocenters. The van der Waals surface area contributed by atoms with Gasteiger partial charge in [-0.1, -0.05) is 0 Å². The number of likely N-dealkylation sites (N-methyl/N-ethyl adjacent to an activating group) is 1. The Kier molecular flexibility index (Phi) is 3.98. The molecule has 12 heavy (non-hydrogen) atoms. The third-order valence-electron chi connectivity index (χ3n) is 2.13. The van der Waals surface area contributed by atoms with Crippen LogP contribution in [0.25, 0.3) is 0 Å². The zero-order chi connectivity index (χ0) is 8.97. The van der Waals surface area contributed by atoms with Gasteiger partial charge in [0.05, 0.1) is 6.10 Å². The van der Waals surface area contributed by atoms with Gasteiger partial charge in [-0.05, 0) is 33.9 Å². The van der Waals surface area contributed by atoms with Crippen molar-refractivity contribution >= 4 is 0 Å². The first-order chi connectivity index (χ1) is 5.75.